The molecule has 0 radical (unpaired) electrons. The average molecular weight is 250 g/mol. The molecule has 0 unspecified atom stereocenters. The maximum atomic E-state index is 12.8. The van der Waals surface area contributed by atoms with E-state index >= 15 is 0 Å². The van der Waals surface area contributed by atoms with Crippen LogP contribution in [0.3, 0.4) is 0 Å². The minimum atomic E-state index is -0.266. The fourth-order valence-electron chi connectivity index (χ4n) is 1.29. The summed E-state index contributed by atoms with van der Waals surface area (Å²) in [5, 5.41) is 0.435. The van der Waals surface area contributed by atoms with E-state index in [4.69, 9.17) is 5.73 Å². The van der Waals surface area contributed by atoms with E-state index in [9.17, 15) is 4.39 Å². The van der Waals surface area contributed by atoms with Crippen molar-refractivity contribution in [3.05, 3.63) is 36.3 Å². The van der Waals surface area contributed by atoms with E-state index in [-0.39, 0.29) is 5.82 Å². The van der Waals surface area contributed by atoms with Gasteiger partial charge in [0.1, 0.15) is 5.82 Å². The molecule has 0 atom stereocenters. The van der Waals surface area contributed by atoms with Gasteiger partial charge in [0.25, 0.3) is 0 Å². The number of benzene rings is 1. The summed E-state index contributed by atoms with van der Waals surface area (Å²) < 4.78 is 12.8. The predicted molar refractivity (Wildman–Crippen MR) is 68.8 cm³/mol. The number of rotatable bonds is 2. The number of aromatic nitrogens is 2. The van der Waals surface area contributed by atoms with Crippen LogP contribution in [0.1, 0.15) is 0 Å². The summed E-state index contributed by atoms with van der Waals surface area (Å²) >= 11 is 1.34. The number of halogens is 1. The van der Waals surface area contributed by atoms with Gasteiger partial charge in [-0.25, -0.2) is 9.37 Å². The number of aliphatic imine (C=N–C) groups is 1. The van der Waals surface area contributed by atoms with Crippen LogP contribution >= 0.6 is 11.8 Å². The Morgan fingerprint density at radius 1 is 1.41 bits per heavy atom. The summed E-state index contributed by atoms with van der Waals surface area (Å²) in [7, 11) is 0. The Kier molecular flexibility index (Phi) is 3.43. The minimum Gasteiger partial charge on any atom is -0.378 e. The third-order valence-corrected chi connectivity index (χ3v) is 2.65. The van der Waals surface area contributed by atoms with Crippen LogP contribution in [0.25, 0.3) is 11.3 Å². The molecule has 0 saturated carbocycles. The molecule has 6 heteroatoms. The topological polar surface area (TPSA) is 67.1 Å². The molecule has 17 heavy (non-hydrogen) atoms. The summed E-state index contributed by atoms with van der Waals surface area (Å²) in [6.45, 7) is 0. The van der Waals surface area contributed by atoms with Gasteiger partial charge >= 0.3 is 0 Å². The Hall–Kier alpha value is -1.82. The molecule has 0 aliphatic heterocycles. The molecular formula is C11H11FN4S. The molecule has 0 bridgehead atoms. The van der Waals surface area contributed by atoms with E-state index in [1.165, 1.54) is 23.9 Å². The number of aromatic amines is 1. The second kappa shape index (κ2) is 5.01. The van der Waals surface area contributed by atoms with E-state index in [0.29, 0.717) is 11.1 Å². The second-order valence-corrected chi connectivity index (χ2v) is 4.11. The van der Waals surface area contributed by atoms with Gasteiger partial charge in [0.05, 0.1) is 11.9 Å². The molecule has 3 N–H and O–H groups in total. The molecule has 0 saturated heterocycles. The van der Waals surface area contributed by atoms with Crippen LogP contribution in [0.4, 0.5) is 10.3 Å². The van der Waals surface area contributed by atoms with Crippen LogP contribution in [0.15, 0.2) is 35.5 Å². The number of nitrogens with zero attached hydrogens (tertiary/aromatic N) is 2. The molecule has 1 heterocycles. The zero-order chi connectivity index (χ0) is 12.3. The smallest absolute Gasteiger partial charge is 0.229 e. The third-order valence-electron chi connectivity index (χ3n) is 2.14. The van der Waals surface area contributed by atoms with Crippen LogP contribution in [0.5, 0.6) is 0 Å². The van der Waals surface area contributed by atoms with E-state index in [2.05, 4.69) is 15.0 Å². The Morgan fingerprint density at radius 2 is 2.12 bits per heavy atom. The highest BCUT2D eigenvalue weighted by Gasteiger charge is 2.03. The van der Waals surface area contributed by atoms with Crippen molar-refractivity contribution >= 4 is 22.9 Å². The van der Waals surface area contributed by atoms with Gasteiger partial charge in [-0.1, -0.05) is 11.8 Å². The average Bonchev–Trinajstić information content (AvgIpc) is 2.78. The number of nitrogens with two attached hydrogens (primary N) is 1. The molecule has 1 aromatic carbocycles. The number of thioether (sulfide) groups is 1. The first-order valence-electron chi connectivity index (χ1n) is 4.88. The monoisotopic (exact) mass is 250 g/mol. The largest absolute Gasteiger partial charge is 0.378 e. The second-order valence-electron chi connectivity index (χ2n) is 3.28. The van der Waals surface area contributed by atoms with Crippen molar-refractivity contribution in [2.75, 3.05) is 6.26 Å². The molecule has 0 aliphatic carbocycles. The van der Waals surface area contributed by atoms with Gasteiger partial charge < -0.3 is 10.7 Å². The van der Waals surface area contributed by atoms with Gasteiger partial charge in [0, 0.05) is 0 Å². The van der Waals surface area contributed by atoms with Gasteiger partial charge in [-0.2, -0.15) is 4.99 Å². The number of imidazole rings is 1. The Balaban J connectivity index is 2.27. The number of hydrogen-bond donors (Lipinski definition) is 2. The first kappa shape index (κ1) is 11.7. The quantitative estimate of drug-likeness (QED) is 0.635. The van der Waals surface area contributed by atoms with Gasteiger partial charge in [-0.15, -0.1) is 0 Å². The summed E-state index contributed by atoms with van der Waals surface area (Å²) in [6, 6.07) is 6.15. The zero-order valence-corrected chi connectivity index (χ0v) is 9.96. The van der Waals surface area contributed by atoms with Crippen LogP contribution in [0, 0.1) is 5.82 Å². The summed E-state index contributed by atoms with van der Waals surface area (Å²) in [4.78, 5) is 11.1. The molecule has 4 nitrogen and oxygen atoms in total. The zero-order valence-electron chi connectivity index (χ0n) is 9.14. The van der Waals surface area contributed by atoms with Crippen LogP contribution in [0.2, 0.25) is 0 Å². The van der Waals surface area contributed by atoms with Crippen molar-refractivity contribution in [2.24, 2.45) is 10.7 Å². The van der Waals surface area contributed by atoms with Crippen molar-refractivity contribution < 1.29 is 4.39 Å². The Labute approximate surface area is 102 Å². The predicted octanol–water partition coefficient (Wildman–Crippen LogP) is 2.53. The molecule has 0 fully saturated rings. The maximum absolute atomic E-state index is 12.8. The van der Waals surface area contributed by atoms with E-state index in [0.717, 1.165) is 11.3 Å². The molecular weight excluding hydrogens is 239 g/mol. The fraction of sp³-hybridized carbons (Fsp3) is 0.0909. The lowest BCUT2D eigenvalue weighted by Crippen LogP contribution is -2.04. The van der Waals surface area contributed by atoms with E-state index < -0.39 is 0 Å². The molecule has 2 rings (SSSR count). The van der Waals surface area contributed by atoms with Crippen molar-refractivity contribution in [3.8, 4) is 11.3 Å². The first-order valence-corrected chi connectivity index (χ1v) is 6.10. The summed E-state index contributed by atoms with van der Waals surface area (Å²) in [5.41, 5.74) is 7.20. The van der Waals surface area contributed by atoms with Crippen LogP contribution < -0.4 is 5.73 Å². The highest BCUT2D eigenvalue weighted by atomic mass is 32.2. The van der Waals surface area contributed by atoms with Crippen molar-refractivity contribution in [1.29, 1.82) is 0 Å². The summed E-state index contributed by atoms with van der Waals surface area (Å²) in [5.74, 6) is 0.175. The SMILES string of the molecule is CSC(N)=Nc1ncc(-c2ccc(F)cc2)[nH]1. The van der Waals surface area contributed by atoms with Gasteiger partial charge in [0.15, 0.2) is 5.17 Å². The molecule has 0 aliphatic rings. The van der Waals surface area contributed by atoms with Gasteiger partial charge in [-0.05, 0) is 36.1 Å². The molecule has 1 aromatic heterocycles. The van der Waals surface area contributed by atoms with Crippen molar-refractivity contribution in [2.45, 2.75) is 0 Å². The highest BCUT2D eigenvalue weighted by molar-refractivity contribution is 8.13. The number of nitrogens with one attached hydrogen (secondary N) is 1. The molecule has 0 amide bonds. The number of hydrogen-bond acceptors (Lipinski definition) is 3. The van der Waals surface area contributed by atoms with E-state index in [1.54, 1.807) is 18.3 Å². The lowest BCUT2D eigenvalue weighted by atomic mass is 10.2. The molecule has 88 valence electrons. The van der Waals surface area contributed by atoms with E-state index in [1.807, 2.05) is 6.26 Å². The number of amidine groups is 1. The molecule has 2 aromatic rings. The Morgan fingerprint density at radius 3 is 2.76 bits per heavy atom. The minimum absolute atomic E-state index is 0.266. The third kappa shape index (κ3) is 2.85. The Bertz CT molecular complexity index is 533. The highest BCUT2D eigenvalue weighted by Crippen LogP contribution is 2.20. The normalized spacial score (nSPS) is 11.8. The lowest BCUT2D eigenvalue weighted by Gasteiger charge is -1.96. The lowest BCUT2D eigenvalue weighted by molar-refractivity contribution is 0.628. The van der Waals surface area contributed by atoms with Crippen molar-refractivity contribution in [3.63, 3.8) is 0 Å². The van der Waals surface area contributed by atoms with Crippen molar-refractivity contribution in [1.82, 2.24) is 9.97 Å². The fourth-order valence-corrected chi connectivity index (χ4v) is 1.47. The standard InChI is InChI=1S/C11H11FN4S/c1-17-10(13)16-11-14-6-9(15-11)7-2-4-8(12)5-3-7/h2-6H,1H3,(H3,13,14,15,16). The molecule has 0 spiro atoms. The van der Waals surface area contributed by atoms with Gasteiger partial charge in [0.2, 0.25) is 5.95 Å². The maximum Gasteiger partial charge on any atom is 0.229 e. The van der Waals surface area contributed by atoms with Crippen LogP contribution in [-0.4, -0.2) is 21.4 Å². The van der Waals surface area contributed by atoms with Crippen LogP contribution in [-0.2, 0) is 0 Å². The number of H-pyrrole nitrogens is 1. The summed E-state index contributed by atoms with van der Waals surface area (Å²) in [6.07, 6.45) is 3.47. The first-order chi connectivity index (χ1) is 8.19. The van der Waals surface area contributed by atoms with Gasteiger partial charge in [-0.3, -0.25) is 0 Å².